The largest absolute Gasteiger partial charge is 0.497 e. The molecular weight excluding hydrogens is 192 g/mol. The molecule has 0 spiro atoms. The predicted octanol–water partition coefficient (Wildman–Crippen LogP) is 1.43. The molecule has 2 aromatic rings. The van der Waals surface area contributed by atoms with Gasteiger partial charge in [-0.2, -0.15) is 5.10 Å². The molecule has 1 heterocycles. The molecule has 2 rings (SSSR count). The smallest absolute Gasteiger partial charge is 0.207 e. The number of nitrogens with zero attached hydrogens (tertiary/aromatic N) is 2. The molecule has 1 aromatic carbocycles. The lowest BCUT2D eigenvalue weighted by molar-refractivity contribution is 0.415. The van der Waals surface area contributed by atoms with Gasteiger partial charge < -0.3 is 4.74 Å². The molecule has 0 N–H and O–H groups in total. The molecule has 78 valence electrons. The van der Waals surface area contributed by atoms with Gasteiger partial charge in [0.2, 0.25) is 5.43 Å². The molecule has 0 aliphatic carbocycles. The van der Waals surface area contributed by atoms with Crippen molar-refractivity contribution < 1.29 is 4.74 Å². The van der Waals surface area contributed by atoms with Crippen molar-refractivity contribution in [1.29, 1.82) is 0 Å². The summed E-state index contributed by atoms with van der Waals surface area (Å²) in [4.78, 5) is 11.5. The molecule has 1 aromatic heterocycles. The minimum atomic E-state index is -0.0580. The van der Waals surface area contributed by atoms with Gasteiger partial charge in [-0.05, 0) is 19.1 Å². The minimum Gasteiger partial charge on any atom is -0.497 e. The lowest BCUT2D eigenvalue weighted by atomic mass is 10.2. The fourth-order valence-corrected chi connectivity index (χ4v) is 1.57. The van der Waals surface area contributed by atoms with Crippen LogP contribution >= 0.6 is 0 Å². The second kappa shape index (κ2) is 3.73. The van der Waals surface area contributed by atoms with E-state index >= 15 is 0 Å². The van der Waals surface area contributed by atoms with Crippen molar-refractivity contribution in [1.82, 2.24) is 9.78 Å². The Morgan fingerprint density at radius 2 is 2.27 bits per heavy atom. The van der Waals surface area contributed by atoms with Crippen molar-refractivity contribution in [3.63, 3.8) is 0 Å². The third-order valence-electron chi connectivity index (χ3n) is 2.36. The van der Waals surface area contributed by atoms with E-state index in [0.717, 1.165) is 17.8 Å². The lowest BCUT2D eigenvalue weighted by Crippen LogP contribution is -2.11. The van der Waals surface area contributed by atoms with Gasteiger partial charge >= 0.3 is 0 Å². The molecule has 0 amide bonds. The highest BCUT2D eigenvalue weighted by molar-refractivity contribution is 5.79. The van der Waals surface area contributed by atoms with Crippen molar-refractivity contribution in [2.24, 2.45) is 0 Å². The molecule has 0 saturated carbocycles. The zero-order valence-corrected chi connectivity index (χ0v) is 8.73. The van der Waals surface area contributed by atoms with Crippen LogP contribution in [0.15, 0.2) is 29.2 Å². The Labute approximate surface area is 87.1 Å². The van der Waals surface area contributed by atoms with E-state index in [0.29, 0.717) is 5.39 Å². The molecule has 0 fully saturated rings. The fourth-order valence-electron chi connectivity index (χ4n) is 1.57. The van der Waals surface area contributed by atoms with E-state index in [9.17, 15) is 4.79 Å². The average Bonchev–Trinajstić information content (AvgIpc) is 2.29. The highest BCUT2D eigenvalue weighted by Gasteiger charge is 2.03. The molecule has 0 atom stereocenters. The lowest BCUT2D eigenvalue weighted by Gasteiger charge is -2.07. The Morgan fingerprint density at radius 1 is 1.47 bits per heavy atom. The van der Waals surface area contributed by atoms with Crippen LogP contribution < -0.4 is 10.2 Å². The van der Waals surface area contributed by atoms with Crippen molar-refractivity contribution in [3.05, 3.63) is 34.6 Å². The van der Waals surface area contributed by atoms with Crippen molar-refractivity contribution in [3.8, 4) is 5.75 Å². The number of fused-ring (bicyclic) bond motifs is 1. The summed E-state index contributed by atoms with van der Waals surface area (Å²) < 4.78 is 6.90. The van der Waals surface area contributed by atoms with Crippen molar-refractivity contribution in [2.45, 2.75) is 13.5 Å². The number of hydrogen-bond donors (Lipinski definition) is 0. The van der Waals surface area contributed by atoms with Crippen LogP contribution in [0.4, 0.5) is 0 Å². The van der Waals surface area contributed by atoms with Crippen LogP contribution in [0.5, 0.6) is 5.75 Å². The standard InChI is InChI=1S/C11H12N2O2/c1-3-13-10-6-8(15-2)4-5-9(10)11(14)7-12-13/h4-7H,3H2,1-2H3. The fraction of sp³-hybridized carbons (Fsp3) is 0.273. The number of hydrogen-bond acceptors (Lipinski definition) is 3. The molecule has 0 aliphatic heterocycles. The molecule has 0 aliphatic rings. The zero-order valence-electron chi connectivity index (χ0n) is 8.73. The maximum Gasteiger partial charge on any atom is 0.207 e. The summed E-state index contributed by atoms with van der Waals surface area (Å²) in [5.74, 6) is 0.733. The summed E-state index contributed by atoms with van der Waals surface area (Å²) in [7, 11) is 1.60. The third-order valence-corrected chi connectivity index (χ3v) is 2.36. The van der Waals surface area contributed by atoms with Crippen LogP contribution in [0.2, 0.25) is 0 Å². The first-order valence-corrected chi connectivity index (χ1v) is 4.80. The number of aromatic nitrogens is 2. The van der Waals surface area contributed by atoms with Crippen LogP contribution in [0.3, 0.4) is 0 Å². The maximum atomic E-state index is 11.5. The van der Waals surface area contributed by atoms with E-state index in [4.69, 9.17) is 4.74 Å². The van der Waals surface area contributed by atoms with E-state index in [1.807, 2.05) is 13.0 Å². The van der Waals surface area contributed by atoms with E-state index in [1.54, 1.807) is 23.9 Å². The van der Waals surface area contributed by atoms with E-state index in [2.05, 4.69) is 5.10 Å². The Kier molecular flexibility index (Phi) is 2.41. The van der Waals surface area contributed by atoms with Crippen molar-refractivity contribution >= 4 is 10.9 Å². The van der Waals surface area contributed by atoms with Gasteiger partial charge in [0.05, 0.1) is 18.8 Å². The highest BCUT2D eigenvalue weighted by Crippen LogP contribution is 2.17. The molecule has 0 saturated heterocycles. The van der Waals surface area contributed by atoms with Crippen LogP contribution in [0.25, 0.3) is 10.9 Å². The normalized spacial score (nSPS) is 10.5. The second-order valence-electron chi connectivity index (χ2n) is 3.21. The first-order chi connectivity index (χ1) is 7.26. The van der Waals surface area contributed by atoms with Crippen LogP contribution in [-0.4, -0.2) is 16.9 Å². The summed E-state index contributed by atoms with van der Waals surface area (Å²) in [6.07, 6.45) is 1.35. The summed E-state index contributed by atoms with van der Waals surface area (Å²) in [6, 6.07) is 5.38. The van der Waals surface area contributed by atoms with Gasteiger partial charge in [-0.3, -0.25) is 9.48 Å². The van der Waals surface area contributed by atoms with Gasteiger partial charge in [0, 0.05) is 18.0 Å². The molecule has 15 heavy (non-hydrogen) atoms. The monoisotopic (exact) mass is 204 g/mol. The Bertz CT molecular complexity index is 546. The van der Waals surface area contributed by atoms with Gasteiger partial charge in [-0.1, -0.05) is 0 Å². The SMILES string of the molecule is CCn1ncc(=O)c2ccc(OC)cc21. The van der Waals surface area contributed by atoms with E-state index in [1.165, 1.54) is 6.20 Å². The summed E-state index contributed by atoms with van der Waals surface area (Å²) >= 11 is 0. The summed E-state index contributed by atoms with van der Waals surface area (Å²) in [5, 5.41) is 4.72. The molecule has 0 radical (unpaired) electrons. The van der Waals surface area contributed by atoms with Gasteiger partial charge in [0.15, 0.2) is 0 Å². The van der Waals surface area contributed by atoms with Crippen LogP contribution in [0, 0.1) is 0 Å². The van der Waals surface area contributed by atoms with Crippen molar-refractivity contribution in [2.75, 3.05) is 7.11 Å². The zero-order chi connectivity index (χ0) is 10.8. The summed E-state index contributed by atoms with van der Waals surface area (Å²) in [5.41, 5.74) is 0.752. The number of rotatable bonds is 2. The van der Waals surface area contributed by atoms with Gasteiger partial charge in [-0.15, -0.1) is 0 Å². The first kappa shape index (κ1) is 9.71. The molecule has 4 nitrogen and oxygen atoms in total. The topological polar surface area (TPSA) is 44.1 Å². The predicted molar refractivity (Wildman–Crippen MR) is 58.2 cm³/mol. The maximum absolute atomic E-state index is 11.5. The van der Waals surface area contributed by atoms with Crippen LogP contribution in [0.1, 0.15) is 6.92 Å². The van der Waals surface area contributed by atoms with Gasteiger partial charge in [-0.25, -0.2) is 0 Å². The number of benzene rings is 1. The Morgan fingerprint density at radius 3 is 2.93 bits per heavy atom. The third kappa shape index (κ3) is 1.58. The molecular formula is C11H12N2O2. The molecule has 4 heteroatoms. The van der Waals surface area contributed by atoms with Crippen LogP contribution in [-0.2, 0) is 6.54 Å². The number of methoxy groups -OCH3 is 1. The molecule has 0 unspecified atom stereocenters. The minimum absolute atomic E-state index is 0.0580. The average molecular weight is 204 g/mol. The summed E-state index contributed by atoms with van der Waals surface area (Å²) in [6.45, 7) is 2.71. The van der Waals surface area contributed by atoms with Gasteiger partial charge in [0.1, 0.15) is 5.75 Å². The molecule has 0 bridgehead atoms. The first-order valence-electron chi connectivity index (χ1n) is 4.80. The quantitative estimate of drug-likeness (QED) is 0.743. The Hall–Kier alpha value is -1.84. The number of aryl methyl sites for hydroxylation is 1. The van der Waals surface area contributed by atoms with E-state index in [-0.39, 0.29) is 5.43 Å². The highest BCUT2D eigenvalue weighted by atomic mass is 16.5. The second-order valence-corrected chi connectivity index (χ2v) is 3.21. The Balaban J connectivity index is 2.83. The van der Waals surface area contributed by atoms with Gasteiger partial charge in [0.25, 0.3) is 0 Å². The van der Waals surface area contributed by atoms with E-state index < -0.39 is 0 Å². The number of ether oxygens (including phenoxy) is 1.